The number of pyridine rings is 1. The number of hydrogen-bond acceptors (Lipinski definition) is 3. The molecule has 3 nitrogen and oxygen atoms in total. The van der Waals surface area contributed by atoms with Crippen LogP contribution in [0.25, 0.3) is 0 Å². The van der Waals surface area contributed by atoms with Crippen LogP contribution in [0, 0.1) is 35.5 Å². The van der Waals surface area contributed by atoms with E-state index in [1.54, 1.807) is 0 Å². The number of hydrogen-bond donors (Lipinski definition) is 2. The summed E-state index contributed by atoms with van der Waals surface area (Å²) in [7, 11) is 0. The van der Waals surface area contributed by atoms with Crippen LogP contribution in [0.1, 0.15) is 32.1 Å². The first-order chi connectivity index (χ1) is 10.5. The molecule has 4 aliphatic carbocycles. The summed E-state index contributed by atoms with van der Waals surface area (Å²) in [6.45, 7) is 0.794. The van der Waals surface area contributed by atoms with Gasteiger partial charge in [-0.25, -0.2) is 0 Å². The molecule has 0 aliphatic heterocycles. The second-order valence-electron chi connectivity index (χ2n) is 7.27. The Morgan fingerprint density at radius 1 is 1.05 bits per heavy atom. The molecule has 3 N–H and O–H groups in total. The van der Waals surface area contributed by atoms with Gasteiger partial charge in [-0.3, -0.25) is 0 Å². The third kappa shape index (κ3) is 2.35. The predicted molar refractivity (Wildman–Crippen MR) is 87.7 cm³/mol. The van der Waals surface area contributed by atoms with Crippen molar-refractivity contribution in [1.29, 1.82) is 0 Å². The smallest absolute Gasteiger partial charge is 0.235 e. The Bertz CT molecular complexity index is 580. The molecule has 0 saturated heterocycles. The summed E-state index contributed by atoms with van der Waals surface area (Å²) in [5.74, 6) is 3.69. The van der Waals surface area contributed by atoms with Crippen molar-refractivity contribution in [2.75, 3.05) is 17.6 Å². The highest BCUT2D eigenvalue weighted by Gasteiger charge is 2.47. The van der Waals surface area contributed by atoms with Gasteiger partial charge in [0.25, 0.3) is 0 Å². The molecule has 0 amide bonds. The van der Waals surface area contributed by atoms with Crippen LogP contribution in [0.3, 0.4) is 0 Å². The average Bonchev–Trinajstić information content (AvgIpc) is 2.48. The lowest BCUT2D eigenvalue weighted by molar-refractivity contribution is -0.0305. The molecule has 4 bridgehead atoms. The number of nitrogens with zero attached hydrogens (tertiary/aromatic N) is 1. The van der Waals surface area contributed by atoms with E-state index in [0.717, 1.165) is 30.2 Å². The fraction of sp³-hybridized carbons (Fsp3) is 0.688. The van der Waals surface area contributed by atoms with E-state index in [9.17, 15) is 4.39 Å². The summed E-state index contributed by atoms with van der Waals surface area (Å²) in [5, 5.41) is 3.24. The fourth-order valence-corrected chi connectivity index (χ4v) is 5.62. The van der Waals surface area contributed by atoms with Crippen molar-refractivity contribution < 1.29 is 4.39 Å². The van der Waals surface area contributed by atoms with Crippen LogP contribution >= 0.6 is 23.2 Å². The molecule has 6 heteroatoms. The zero-order chi connectivity index (χ0) is 15.4. The standard InChI is InChI=1S/C16H20Cl2FN3/c17-12-14(20)13(18)16(22-15(12)19)21-6-11-9-2-7-1-8(4-9)5-10(11)3-7/h7-11H,1-6H2,(H3,20,21,22). The second kappa shape index (κ2) is 5.41. The Labute approximate surface area is 139 Å². The SMILES string of the molecule is Nc1c(Cl)c(F)nc(NCC2C3CC4CC(C3)CC2C4)c1Cl. The molecule has 4 saturated carbocycles. The first-order valence-electron chi connectivity index (χ1n) is 8.06. The van der Waals surface area contributed by atoms with Gasteiger partial charge in [0.05, 0.1) is 5.69 Å². The van der Waals surface area contributed by atoms with Crippen molar-refractivity contribution >= 4 is 34.7 Å². The van der Waals surface area contributed by atoms with E-state index in [4.69, 9.17) is 28.9 Å². The van der Waals surface area contributed by atoms with E-state index in [-0.39, 0.29) is 15.7 Å². The van der Waals surface area contributed by atoms with E-state index < -0.39 is 5.95 Å². The second-order valence-corrected chi connectivity index (χ2v) is 8.02. The normalized spacial score (nSPS) is 35.9. The molecule has 1 heterocycles. The van der Waals surface area contributed by atoms with Gasteiger partial charge in [-0.1, -0.05) is 23.2 Å². The number of rotatable bonds is 3. The maximum atomic E-state index is 13.7. The van der Waals surface area contributed by atoms with Gasteiger partial charge in [-0.15, -0.1) is 0 Å². The van der Waals surface area contributed by atoms with Crippen LogP contribution in [-0.4, -0.2) is 11.5 Å². The minimum atomic E-state index is -0.767. The molecule has 5 rings (SSSR count). The molecule has 22 heavy (non-hydrogen) atoms. The van der Waals surface area contributed by atoms with Crippen molar-refractivity contribution in [1.82, 2.24) is 4.98 Å². The van der Waals surface area contributed by atoms with Crippen LogP contribution in [0.2, 0.25) is 10.0 Å². The van der Waals surface area contributed by atoms with Gasteiger partial charge in [0.1, 0.15) is 15.9 Å². The van der Waals surface area contributed by atoms with E-state index in [0.29, 0.717) is 11.7 Å². The summed E-state index contributed by atoms with van der Waals surface area (Å²) in [6, 6.07) is 0. The molecule has 0 unspecified atom stereocenters. The molecule has 0 atom stereocenters. The van der Waals surface area contributed by atoms with Gasteiger partial charge in [0, 0.05) is 6.54 Å². The zero-order valence-corrected chi connectivity index (χ0v) is 13.8. The Kier molecular flexibility index (Phi) is 3.65. The summed E-state index contributed by atoms with van der Waals surface area (Å²) in [4.78, 5) is 3.81. The van der Waals surface area contributed by atoms with E-state index in [1.807, 2.05) is 0 Å². The van der Waals surface area contributed by atoms with E-state index >= 15 is 0 Å². The van der Waals surface area contributed by atoms with Crippen LogP contribution in [0.5, 0.6) is 0 Å². The Morgan fingerprint density at radius 2 is 1.64 bits per heavy atom. The van der Waals surface area contributed by atoms with Crippen molar-refractivity contribution in [3.63, 3.8) is 0 Å². The van der Waals surface area contributed by atoms with Gasteiger partial charge in [0.15, 0.2) is 0 Å². The van der Waals surface area contributed by atoms with Crippen molar-refractivity contribution in [3.05, 3.63) is 16.0 Å². The van der Waals surface area contributed by atoms with Crippen molar-refractivity contribution in [2.45, 2.75) is 32.1 Å². The molecule has 120 valence electrons. The molecule has 0 spiro atoms. The van der Waals surface area contributed by atoms with Crippen LogP contribution in [-0.2, 0) is 0 Å². The lowest BCUT2D eigenvalue weighted by Gasteiger charge is -2.54. The maximum absolute atomic E-state index is 13.7. The molecule has 0 aromatic carbocycles. The lowest BCUT2D eigenvalue weighted by Crippen LogP contribution is -2.47. The molecule has 0 radical (unpaired) electrons. The molecule has 4 aliphatic rings. The van der Waals surface area contributed by atoms with Crippen molar-refractivity contribution in [3.8, 4) is 0 Å². The number of nitrogen functional groups attached to an aromatic ring is 1. The highest BCUT2D eigenvalue weighted by Crippen LogP contribution is 2.56. The van der Waals surface area contributed by atoms with Crippen LogP contribution < -0.4 is 11.1 Å². The van der Waals surface area contributed by atoms with Gasteiger partial charge >= 0.3 is 0 Å². The third-order valence-corrected chi connectivity index (χ3v) is 6.74. The third-order valence-electron chi connectivity index (χ3n) is 6.00. The number of nitrogens with two attached hydrogens (primary N) is 1. The number of anilines is 2. The number of halogens is 3. The summed E-state index contributed by atoms with van der Waals surface area (Å²) in [5.41, 5.74) is 5.78. The van der Waals surface area contributed by atoms with Crippen LogP contribution in [0.4, 0.5) is 15.9 Å². The number of aromatic nitrogens is 1. The van der Waals surface area contributed by atoms with Gasteiger partial charge in [-0.2, -0.15) is 9.37 Å². The van der Waals surface area contributed by atoms with Gasteiger partial charge < -0.3 is 11.1 Å². The largest absolute Gasteiger partial charge is 0.396 e. The summed E-state index contributed by atoms with van der Waals surface area (Å²) >= 11 is 11.9. The van der Waals surface area contributed by atoms with E-state index in [1.165, 1.54) is 32.1 Å². The summed E-state index contributed by atoms with van der Waals surface area (Å²) in [6.07, 6.45) is 6.88. The van der Waals surface area contributed by atoms with Gasteiger partial charge in [0.2, 0.25) is 5.95 Å². The minimum Gasteiger partial charge on any atom is -0.396 e. The predicted octanol–water partition coefficient (Wildman–Crippen LogP) is 4.59. The highest BCUT2D eigenvalue weighted by atomic mass is 35.5. The summed E-state index contributed by atoms with van der Waals surface area (Å²) < 4.78 is 13.7. The van der Waals surface area contributed by atoms with Gasteiger partial charge in [-0.05, 0) is 61.7 Å². The lowest BCUT2D eigenvalue weighted by atomic mass is 9.52. The van der Waals surface area contributed by atoms with Crippen molar-refractivity contribution in [2.24, 2.45) is 29.6 Å². The first-order valence-corrected chi connectivity index (χ1v) is 8.82. The Hall–Kier alpha value is -0.740. The topological polar surface area (TPSA) is 50.9 Å². The number of nitrogens with one attached hydrogen (secondary N) is 1. The molecule has 1 aromatic heterocycles. The highest BCUT2D eigenvalue weighted by molar-refractivity contribution is 6.40. The van der Waals surface area contributed by atoms with E-state index in [2.05, 4.69) is 10.3 Å². The fourth-order valence-electron chi connectivity index (χ4n) is 5.23. The monoisotopic (exact) mass is 343 g/mol. The molecule has 1 aromatic rings. The Morgan fingerprint density at radius 3 is 2.23 bits per heavy atom. The molecular formula is C16H20Cl2FN3. The van der Waals surface area contributed by atoms with Crippen LogP contribution in [0.15, 0.2) is 0 Å². The quantitative estimate of drug-likeness (QED) is 0.789. The molecular weight excluding hydrogens is 324 g/mol. The molecule has 4 fully saturated rings. The average molecular weight is 344 g/mol. The Balaban J connectivity index is 1.49. The first kappa shape index (κ1) is 14.8. The minimum absolute atomic E-state index is 0.0587. The maximum Gasteiger partial charge on any atom is 0.235 e. The zero-order valence-electron chi connectivity index (χ0n) is 12.3.